The molecule has 140 valence electrons. The largest absolute Gasteiger partial charge is 0.489 e. The summed E-state index contributed by atoms with van der Waals surface area (Å²) in [6.45, 7) is 1.88. The Balaban J connectivity index is 1.68. The van der Waals surface area contributed by atoms with E-state index in [1.807, 2.05) is 35.9 Å². The molecule has 27 heavy (non-hydrogen) atoms. The smallest absolute Gasteiger partial charge is 0.294 e. The minimum atomic E-state index is -4.28. The lowest BCUT2D eigenvalue weighted by molar-refractivity contribution is 0.233. The van der Waals surface area contributed by atoms with Crippen molar-refractivity contribution in [2.75, 3.05) is 0 Å². The molecule has 2 heterocycles. The average Bonchev–Trinajstić information content (AvgIpc) is 3.22. The molecular weight excluding hydrogens is 404 g/mol. The summed E-state index contributed by atoms with van der Waals surface area (Å²) in [6.07, 6.45) is 0.788. The van der Waals surface area contributed by atoms with Crippen LogP contribution in [0.1, 0.15) is 16.7 Å². The zero-order chi connectivity index (χ0) is 19.2. The predicted molar refractivity (Wildman–Crippen MR) is 108 cm³/mol. The average molecular weight is 421 g/mol. The van der Waals surface area contributed by atoms with Crippen molar-refractivity contribution in [3.63, 3.8) is 0 Å². The molecule has 7 heteroatoms. The van der Waals surface area contributed by atoms with Gasteiger partial charge >= 0.3 is 0 Å². The fourth-order valence-electron chi connectivity index (χ4n) is 3.51. The summed E-state index contributed by atoms with van der Waals surface area (Å²) in [4.78, 5) is -0.0660. The Hall–Kier alpha value is -1.86. The Kier molecular flexibility index (Phi) is 4.76. The maximum Gasteiger partial charge on any atom is 0.294 e. The van der Waals surface area contributed by atoms with Gasteiger partial charge in [-0.2, -0.15) is 19.8 Å². The van der Waals surface area contributed by atoms with Crippen molar-refractivity contribution in [1.82, 2.24) is 0 Å². The van der Waals surface area contributed by atoms with Crippen molar-refractivity contribution >= 4 is 33.1 Å². The molecule has 0 radical (unpaired) electrons. The lowest BCUT2D eigenvalue weighted by Crippen LogP contribution is -2.18. The van der Waals surface area contributed by atoms with Gasteiger partial charge in [-0.25, -0.2) is 0 Å². The van der Waals surface area contributed by atoms with E-state index in [1.165, 1.54) is 6.07 Å². The minimum absolute atomic E-state index is 0.0660. The Morgan fingerprint density at radius 1 is 1.26 bits per heavy atom. The summed E-state index contributed by atoms with van der Waals surface area (Å²) in [5.74, 6) is 0.795. The molecule has 0 saturated heterocycles. The first kappa shape index (κ1) is 18.5. The Labute approximate surface area is 167 Å². The third kappa shape index (κ3) is 3.75. The Bertz CT molecular complexity index is 1110. The Morgan fingerprint density at radius 2 is 2.07 bits per heavy atom. The molecule has 1 N–H and O–H groups in total. The highest BCUT2D eigenvalue weighted by atomic mass is 35.5. The molecule has 0 saturated carbocycles. The molecule has 1 atom stereocenters. The van der Waals surface area contributed by atoms with Gasteiger partial charge in [0, 0.05) is 23.4 Å². The molecule has 0 aliphatic carbocycles. The van der Waals surface area contributed by atoms with Crippen molar-refractivity contribution in [2.24, 2.45) is 0 Å². The van der Waals surface area contributed by atoms with Crippen LogP contribution in [0.3, 0.4) is 0 Å². The molecule has 0 spiro atoms. The standard InChI is InChI=1S/C20H17ClO4S2/c1-12-2-3-19(27(22,23)24)14(6-12)8-17-9-15-7-16(21)10-18(20(15)25-17)13-4-5-26-11-13/h2-7,10-11,17H,8-9H2,1H3,(H,22,23,24). The van der Waals surface area contributed by atoms with E-state index >= 15 is 0 Å². The molecule has 4 rings (SSSR count). The van der Waals surface area contributed by atoms with E-state index < -0.39 is 10.1 Å². The maximum atomic E-state index is 11.7. The first-order valence-electron chi connectivity index (χ1n) is 8.40. The van der Waals surface area contributed by atoms with Crippen molar-refractivity contribution in [2.45, 2.75) is 30.8 Å². The van der Waals surface area contributed by atoms with Gasteiger partial charge in [0.15, 0.2) is 0 Å². The van der Waals surface area contributed by atoms with E-state index in [4.69, 9.17) is 16.3 Å². The summed E-state index contributed by atoms with van der Waals surface area (Å²) >= 11 is 7.90. The molecule has 0 bridgehead atoms. The lowest BCUT2D eigenvalue weighted by atomic mass is 10.00. The normalized spacial score (nSPS) is 16.2. The van der Waals surface area contributed by atoms with Crippen LogP contribution in [0.25, 0.3) is 11.1 Å². The number of aryl methyl sites for hydroxylation is 1. The summed E-state index contributed by atoms with van der Waals surface area (Å²) in [5.41, 5.74) is 4.48. The predicted octanol–water partition coefficient (Wildman–Crippen LogP) is 5.17. The number of halogens is 1. The topological polar surface area (TPSA) is 63.6 Å². The zero-order valence-corrected chi connectivity index (χ0v) is 16.9. The van der Waals surface area contributed by atoms with E-state index in [-0.39, 0.29) is 11.0 Å². The monoisotopic (exact) mass is 420 g/mol. The number of rotatable bonds is 4. The van der Waals surface area contributed by atoms with E-state index in [2.05, 4.69) is 0 Å². The van der Waals surface area contributed by atoms with E-state index in [9.17, 15) is 13.0 Å². The quantitative estimate of drug-likeness (QED) is 0.591. The van der Waals surface area contributed by atoms with E-state index in [0.717, 1.165) is 28.0 Å². The second-order valence-corrected chi connectivity index (χ2v) is 9.29. The van der Waals surface area contributed by atoms with Crippen molar-refractivity contribution in [1.29, 1.82) is 0 Å². The first-order chi connectivity index (χ1) is 12.8. The number of ether oxygens (including phenoxy) is 1. The molecular formula is C20H17ClO4S2. The SMILES string of the molecule is Cc1ccc(S(=O)(=O)O)c(CC2Cc3cc(Cl)cc(-c4ccsc4)c3O2)c1. The van der Waals surface area contributed by atoms with Crippen LogP contribution in [0.15, 0.2) is 52.1 Å². The summed E-state index contributed by atoms with van der Waals surface area (Å²) in [6, 6.07) is 10.7. The van der Waals surface area contributed by atoms with Gasteiger partial charge in [0.2, 0.25) is 0 Å². The van der Waals surface area contributed by atoms with Gasteiger partial charge in [-0.3, -0.25) is 4.55 Å². The molecule has 2 aromatic carbocycles. The number of fused-ring (bicyclic) bond motifs is 1. The molecule has 3 aromatic rings. The van der Waals surface area contributed by atoms with Crippen LogP contribution < -0.4 is 4.74 Å². The lowest BCUT2D eigenvalue weighted by Gasteiger charge is -2.15. The number of hydrogen-bond donors (Lipinski definition) is 1. The first-order valence-corrected chi connectivity index (χ1v) is 11.2. The fourth-order valence-corrected chi connectivity index (χ4v) is 5.12. The third-order valence-corrected chi connectivity index (χ3v) is 6.49. The highest BCUT2D eigenvalue weighted by Crippen LogP contribution is 2.42. The highest BCUT2D eigenvalue weighted by Gasteiger charge is 2.28. The van der Waals surface area contributed by atoms with Crippen LogP contribution in [0.5, 0.6) is 5.75 Å². The highest BCUT2D eigenvalue weighted by molar-refractivity contribution is 7.85. The van der Waals surface area contributed by atoms with Crippen LogP contribution >= 0.6 is 22.9 Å². The fraction of sp³-hybridized carbons (Fsp3) is 0.200. The molecule has 1 aromatic heterocycles. The van der Waals surface area contributed by atoms with Gasteiger partial charge < -0.3 is 4.74 Å². The molecule has 4 nitrogen and oxygen atoms in total. The van der Waals surface area contributed by atoms with Gasteiger partial charge in [0.25, 0.3) is 10.1 Å². The van der Waals surface area contributed by atoms with Crippen LogP contribution in [0, 0.1) is 6.92 Å². The molecule has 1 aliphatic heterocycles. The van der Waals surface area contributed by atoms with Crippen molar-refractivity contribution in [3.05, 3.63) is 68.9 Å². The molecule has 0 fully saturated rings. The molecule has 0 amide bonds. The number of thiophene rings is 1. The van der Waals surface area contributed by atoms with Gasteiger partial charge in [0.05, 0.1) is 4.90 Å². The summed E-state index contributed by atoms with van der Waals surface area (Å²) in [7, 11) is -4.28. The second-order valence-electron chi connectivity index (χ2n) is 6.69. The van der Waals surface area contributed by atoms with E-state index in [0.29, 0.717) is 23.4 Å². The Morgan fingerprint density at radius 3 is 2.78 bits per heavy atom. The molecule has 1 unspecified atom stereocenters. The number of benzene rings is 2. The molecule has 1 aliphatic rings. The van der Waals surface area contributed by atoms with Gasteiger partial charge in [-0.1, -0.05) is 29.3 Å². The third-order valence-electron chi connectivity index (χ3n) is 4.64. The van der Waals surface area contributed by atoms with Crippen molar-refractivity contribution < 1.29 is 17.7 Å². The second kappa shape index (κ2) is 6.95. The summed E-state index contributed by atoms with van der Waals surface area (Å²) in [5, 5.41) is 4.69. The minimum Gasteiger partial charge on any atom is -0.489 e. The van der Waals surface area contributed by atoms with Gasteiger partial charge in [-0.05, 0) is 58.6 Å². The van der Waals surface area contributed by atoms with Crippen LogP contribution in [0.2, 0.25) is 5.02 Å². The zero-order valence-electron chi connectivity index (χ0n) is 14.5. The van der Waals surface area contributed by atoms with Gasteiger partial charge in [0.1, 0.15) is 11.9 Å². The van der Waals surface area contributed by atoms with Crippen LogP contribution in [-0.4, -0.2) is 19.1 Å². The van der Waals surface area contributed by atoms with Crippen LogP contribution in [0.4, 0.5) is 0 Å². The van der Waals surface area contributed by atoms with E-state index in [1.54, 1.807) is 23.5 Å². The summed E-state index contributed by atoms with van der Waals surface area (Å²) < 4.78 is 39.1. The van der Waals surface area contributed by atoms with Gasteiger partial charge in [-0.15, -0.1) is 0 Å². The van der Waals surface area contributed by atoms with Crippen molar-refractivity contribution in [3.8, 4) is 16.9 Å². The maximum absolute atomic E-state index is 11.7. The van der Waals surface area contributed by atoms with Crippen LogP contribution in [-0.2, 0) is 23.0 Å². The number of hydrogen-bond acceptors (Lipinski definition) is 4.